The molecule has 2 atom stereocenters. The third kappa shape index (κ3) is 6.92. The fourth-order valence-electron chi connectivity index (χ4n) is 4.39. The zero-order valence-corrected chi connectivity index (χ0v) is 21.6. The van der Waals surface area contributed by atoms with Crippen LogP contribution in [0.15, 0.2) is 34.2 Å². The van der Waals surface area contributed by atoms with Crippen LogP contribution in [0.4, 0.5) is 4.39 Å². The van der Waals surface area contributed by atoms with Crippen LogP contribution in [0.5, 0.6) is 0 Å². The van der Waals surface area contributed by atoms with E-state index in [0.717, 1.165) is 25.1 Å². The molecule has 1 N–H and O–H groups in total. The summed E-state index contributed by atoms with van der Waals surface area (Å²) in [4.78, 5) is 33.0. The number of aryl methyl sites for hydroxylation is 1. The highest BCUT2D eigenvalue weighted by Crippen LogP contribution is 2.24. The lowest BCUT2D eigenvalue weighted by Crippen LogP contribution is -2.40. The molecule has 3 rings (SSSR count). The van der Waals surface area contributed by atoms with Gasteiger partial charge in [-0.2, -0.15) is 0 Å². The number of aromatic nitrogens is 2. The third-order valence-electron chi connectivity index (χ3n) is 6.62. The van der Waals surface area contributed by atoms with Gasteiger partial charge >= 0.3 is 0 Å². The third-order valence-corrected chi connectivity index (χ3v) is 8.02. The summed E-state index contributed by atoms with van der Waals surface area (Å²) in [7, 11) is 1.69. The van der Waals surface area contributed by atoms with E-state index in [-0.39, 0.29) is 22.5 Å². The van der Waals surface area contributed by atoms with Crippen LogP contribution in [-0.4, -0.2) is 51.3 Å². The number of likely N-dealkylation sites (tertiary alicyclic amines) is 1. The van der Waals surface area contributed by atoms with Gasteiger partial charge in [-0.15, -0.1) is 0 Å². The van der Waals surface area contributed by atoms with E-state index in [1.54, 1.807) is 19.2 Å². The Bertz CT molecular complexity index is 1020. The second kappa shape index (κ2) is 12.5. The van der Waals surface area contributed by atoms with Gasteiger partial charge in [-0.3, -0.25) is 14.2 Å². The highest BCUT2D eigenvalue weighted by molar-refractivity contribution is 8.00. The number of benzene rings is 1. The van der Waals surface area contributed by atoms with Crippen molar-refractivity contribution in [1.82, 2.24) is 19.8 Å². The normalized spacial score (nSPS) is 17.5. The van der Waals surface area contributed by atoms with E-state index in [0.29, 0.717) is 41.8 Å². The van der Waals surface area contributed by atoms with Crippen LogP contribution >= 0.6 is 11.8 Å². The molecule has 1 amide bonds. The Morgan fingerprint density at radius 2 is 2.03 bits per heavy atom. The molecule has 0 radical (unpaired) electrons. The standard InChI is InChI=1S/C26H37FN4O2S/c1-5-23(24(32)28-14-8-16-31-15-7-6-9-18(31)2)34-26-29-19(3)22(25(33)30(26)4)17-20-10-12-21(27)13-11-20/h10-13,18,23H,5-9,14-17H2,1-4H3,(H,28,32). The van der Waals surface area contributed by atoms with Crippen molar-refractivity contribution in [2.45, 2.75) is 75.7 Å². The number of rotatable bonds is 10. The summed E-state index contributed by atoms with van der Waals surface area (Å²) in [6.07, 6.45) is 5.81. The molecule has 0 spiro atoms. The van der Waals surface area contributed by atoms with E-state index in [9.17, 15) is 14.0 Å². The summed E-state index contributed by atoms with van der Waals surface area (Å²) in [6, 6.07) is 6.78. The first kappa shape index (κ1) is 26.4. The van der Waals surface area contributed by atoms with Crippen molar-refractivity contribution in [3.05, 3.63) is 57.3 Å². The van der Waals surface area contributed by atoms with Gasteiger partial charge in [-0.1, -0.05) is 37.2 Å². The van der Waals surface area contributed by atoms with Crippen LogP contribution in [0, 0.1) is 12.7 Å². The second-order valence-corrected chi connectivity index (χ2v) is 10.3. The summed E-state index contributed by atoms with van der Waals surface area (Å²) < 4.78 is 14.7. The van der Waals surface area contributed by atoms with Crippen molar-refractivity contribution in [3.63, 3.8) is 0 Å². The molecule has 1 aromatic heterocycles. The van der Waals surface area contributed by atoms with Crippen LogP contribution in [-0.2, 0) is 18.3 Å². The van der Waals surface area contributed by atoms with Gasteiger partial charge in [0.05, 0.1) is 5.25 Å². The fraction of sp³-hybridized carbons (Fsp3) is 0.577. The Kier molecular flexibility index (Phi) is 9.71. The molecule has 1 aromatic carbocycles. The van der Waals surface area contributed by atoms with Crippen molar-refractivity contribution in [2.75, 3.05) is 19.6 Å². The van der Waals surface area contributed by atoms with E-state index in [1.165, 1.54) is 47.7 Å². The molecule has 6 nitrogen and oxygen atoms in total. The van der Waals surface area contributed by atoms with Crippen LogP contribution in [0.2, 0.25) is 0 Å². The first-order chi connectivity index (χ1) is 16.3. The predicted octanol–water partition coefficient (Wildman–Crippen LogP) is 4.07. The molecule has 34 heavy (non-hydrogen) atoms. The topological polar surface area (TPSA) is 67.2 Å². The Morgan fingerprint density at radius 1 is 1.29 bits per heavy atom. The SMILES string of the molecule is CCC(Sc1nc(C)c(Cc2ccc(F)cc2)c(=O)n1C)C(=O)NCCCN1CCCCC1C. The van der Waals surface area contributed by atoms with Gasteiger partial charge in [-0.05, 0) is 63.8 Å². The molecular formula is C26H37FN4O2S. The molecule has 1 aliphatic heterocycles. The zero-order valence-electron chi connectivity index (χ0n) is 20.8. The molecule has 1 aliphatic rings. The first-order valence-corrected chi connectivity index (χ1v) is 13.2. The summed E-state index contributed by atoms with van der Waals surface area (Å²) in [5.41, 5.74) is 1.95. The molecule has 1 fully saturated rings. The zero-order chi connectivity index (χ0) is 24.7. The van der Waals surface area contributed by atoms with Crippen molar-refractivity contribution >= 4 is 17.7 Å². The average molecular weight is 489 g/mol. The number of carbonyl (C=O) groups excluding carboxylic acids is 1. The van der Waals surface area contributed by atoms with E-state index in [1.807, 2.05) is 13.8 Å². The Balaban J connectivity index is 1.59. The van der Waals surface area contributed by atoms with Gasteiger partial charge in [0.1, 0.15) is 5.82 Å². The van der Waals surface area contributed by atoms with Gasteiger partial charge in [0.15, 0.2) is 5.16 Å². The van der Waals surface area contributed by atoms with Crippen molar-refractivity contribution in [2.24, 2.45) is 7.05 Å². The van der Waals surface area contributed by atoms with Crippen LogP contribution < -0.4 is 10.9 Å². The predicted molar refractivity (Wildman–Crippen MR) is 136 cm³/mol. The Hall–Kier alpha value is -2.19. The number of hydrogen-bond acceptors (Lipinski definition) is 5. The molecule has 0 bridgehead atoms. The number of halogens is 1. The number of amides is 1. The van der Waals surface area contributed by atoms with Gasteiger partial charge in [0, 0.05) is 43.9 Å². The maximum absolute atomic E-state index is 13.2. The molecule has 0 aliphatic carbocycles. The summed E-state index contributed by atoms with van der Waals surface area (Å²) in [6.45, 7) is 8.88. The van der Waals surface area contributed by atoms with E-state index < -0.39 is 0 Å². The Labute approximate surface area is 206 Å². The average Bonchev–Trinajstić information content (AvgIpc) is 2.83. The smallest absolute Gasteiger partial charge is 0.257 e. The van der Waals surface area contributed by atoms with Gasteiger partial charge in [0.2, 0.25) is 5.91 Å². The number of hydrogen-bond donors (Lipinski definition) is 1. The molecule has 186 valence electrons. The minimum absolute atomic E-state index is 0.0125. The molecule has 1 saturated heterocycles. The molecule has 2 aromatic rings. The van der Waals surface area contributed by atoms with E-state index >= 15 is 0 Å². The monoisotopic (exact) mass is 488 g/mol. The van der Waals surface area contributed by atoms with E-state index in [4.69, 9.17) is 0 Å². The number of piperidine rings is 1. The first-order valence-electron chi connectivity index (χ1n) is 12.3. The molecule has 0 saturated carbocycles. The van der Waals surface area contributed by atoms with Crippen molar-refractivity contribution in [3.8, 4) is 0 Å². The lowest BCUT2D eigenvalue weighted by molar-refractivity contribution is -0.120. The summed E-state index contributed by atoms with van der Waals surface area (Å²) in [5, 5.41) is 3.30. The molecular weight excluding hydrogens is 451 g/mol. The highest BCUT2D eigenvalue weighted by atomic mass is 32.2. The largest absolute Gasteiger partial charge is 0.355 e. The maximum Gasteiger partial charge on any atom is 0.257 e. The maximum atomic E-state index is 13.2. The fourth-order valence-corrected chi connectivity index (χ4v) is 5.43. The lowest BCUT2D eigenvalue weighted by atomic mass is 10.0. The van der Waals surface area contributed by atoms with E-state index in [2.05, 4.69) is 22.1 Å². The second-order valence-electron chi connectivity index (χ2n) is 9.17. The minimum atomic E-state index is -0.311. The summed E-state index contributed by atoms with van der Waals surface area (Å²) in [5.74, 6) is -0.315. The number of nitrogens with zero attached hydrogens (tertiary/aromatic N) is 3. The molecule has 2 heterocycles. The minimum Gasteiger partial charge on any atom is -0.355 e. The van der Waals surface area contributed by atoms with Gasteiger partial charge in [-0.25, -0.2) is 9.37 Å². The quantitative estimate of drug-likeness (QED) is 0.310. The van der Waals surface area contributed by atoms with Gasteiger partial charge < -0.3 is 10.2 Å². The van der Waals surface area contributed by atoms with Crippen molar-refractivity contribution in [1.29, 1.82) is 0 Å². The number of nitrogens with one attached hydrogen (secondary N) is 1. The number of thioether (sulfide) groups is 1. The number of carbonyl (C=O) groups is 1. The van der Waals surface area contributed by atoms with Gasteiger partial charge in [0.25, 0.3) is 5.56 Å². The van der Waals surface area contributed by atoms with Crippen LogP contribution in [0.3, 0.4) is 0 Å². The molecule has 2 unspecified atom stereocenters. The molecule has 8 heteroatoms. The highest BCUT2D eigenvalue weighted by Gasteiger charge is 2.22. The summed E-state index contributed by atoms with van der Waals surface area (Å²) >= 11 is 1.34. The Morgan fingerprint density at radius 3 is 2.71 bits per heavy atom. The van der Waals surface area contributed by atoms with Crippen LogP contribution in [0.1, 0.15) is 62.8 Å². The van der Waals surface area contributed by atoms with Crippen LogP contribution in [0.25, 0.3) is 0 Å². The van der Waals surface area contributed by atoms with Crippen molar-refractivity contribution < 1.29 is 9.18 Å². The lowest BCUT2D eigenvalue weighted by Gasteiger charge is -2.33.